The summed E-state index contributed by atoms with van der Waals surface area (Å²) in [4.78, 5) is 26.6. The first kappa shape index (κ1) is 12.3. The molecule has 1 aromatic carbocycles. The fourth-order valence-corrected chi connectivity index (χ4v) is 2.33. The van der Waals surface area contributed by atoms with Gasteiger partial charge in [-0.25, -0.2) is 9.78 Å². The van der Waals surface area contributed by atoms with Gasteiger partial charge in [-0.3, -0.25) is 10.1 Å². The van der Waals surface area contributed by atoms with Crippen molar-refractivity contribution < 1.29 is 9.59 Å². The van der Waals surface area contributed by atoms with Crippen LogP contribution in [-0.4, -0.2) is 23.5 Å². The second-order valence-corrected chi connectivity index (χ2v) is 4.58. The van der Waals surface area contributed by atoms with Crippen molar-refractivity contribution in [3.8, 4) is 0 Å². The van der Waals surface area contributed by atoms with Crippen LogP contribution in [0, 0.1) is 0 Å². The highest BCUT2D eigenvalue weighted by molar-refractivity contribution is 7.22. The number of nitrogens with one attached hydrogen (secondary N) is 2. The lowest BCUT2D eigenvalue weighted by molar-refractivity contribution is 0.100. The third-order valence-electron chi connectivity index (χ3n) is 2.23. The van der Waals surface area contributed by atoms with Gasteiger partial charge in [0.1, 0.15) is 0 Å². The molecule has 0 aliphatic carbocycles. The molecule has 7 heteroatoms. The number of benzene rings is 1. The van der Waals surface area contributed by atoms with Crippen molar-refractivity contribution in [2.24, 2.45) is 5.73 Å². The molecule has 4 N–H and O–H groups in total. The van der Waals surface area contributed by atoms with Crippen LogP contribution >= 0.6 is 11.3 Å². The molecule has 18 heavy (non-hydrogen) atoms. The van der Waals surface area contributed by atoms with Crippen molar-refractivity contribution in [3.05, 3.63) is 23.8 Å². The summed E-state index contributed by atoms with van der Waals surface area (Å²) in [5, 5.41) is 5.72. The summed E-state index contributed by atoms with van der Waals surface area (Å²) in [5.74, 6) is -0.483. The van der Waals surface area contributed by atoms with Crippen molar-refractivity contribution >= 4 is 38.6 Å². The molecular weight excluding hydrogens is 252 g/mol. The second kappa shape index (κ2) is 5.01. The number of primary amides is 1. The smallest absolute Gasteiger partial charge is 0.321 e. The highest BCUT2D eigenvalue weighted by Gasteiger charge is 2.08. The van der Waals surface area contributed by atoms with E-state index in [0.29, 0.717) is 17.2 Å². The van der Waals surface area contributed by atoms with Crippen LogP contribution < -0.4 is 16.4 Å². The summed E-state index contributed by atoms with van der Waals surface area (Å²) in [6.07, 6.45) is 0. The number of carbonyl (C=O) groups excluding carboxylic acids is 2. The number of hydrogen-bond donors (Lipinski definition) is 3. The van der Waals surface area contributed by atoms with Crippen molar-refractivity contribution in [3.63, 3.8) is 0 Å². The standard InChI is InChI=1S/C11H12N4O2S/c1-2-13-10(17)15-11-14-7-4-3-6(9(12)16)5-8(7)18-11/h3-5H,2H2,1H3,(H2,12,16)(H2,13,14,15,17). The van der Waals surface area contributed by atoms with Crippen molar-refractivity contribution in [1.29, 1.82) is 0 Å². The molecule has 6 nitrogen and oxygen atoms in total. The molecule has 0 spiro atoms. The Bertz CT molecular complexity index is 608. The van der Waals surface area contributed by atoms with Gasteiger partial charge in [0, 0.05) is 12.1 Å². The highest BCUT2D eigenvalue weighted by atomic mass is 32.1. The van der Waals surface area contributed by atoms with Crippen LogP contribution in [0.3, 0.4) is 0 Å². The van der Waals surface area contributed by atoms with Crippen molar-refractivity contribution in [2.45, 2.75) is 6.92 Å². The minimum absolute atomic E-state index is 0.299. The number of carbonyl (C=O) groups is 2. The van der Waals surface area contributed by atoms with Gasteiger partial charge >= 0.3 is 6.03 Å². The quantitative estimate of drug-likeness (QED) is 0.784. The van der Waals surface area contributed by atoms with Gasteiger partial charge in [0.2, 0.25) is 5.91 Å². The molecule has 1 aromatic heterocycles. The molecule has 0 aliphatic heterocycles. The fourth-order valence-electron chi connectivity index (χ4n) is 1.43. The Balaban J connectivity index is 2.27. The Morgan fingerprint density at radius 3 is 2.89 bits per heavy atom. The van der Waals surface area contributed by atoms with Gasteiger partial charge in [-0.05, 0) is 25.1 Å². The van der Waals surface area contributed by atoms with E-state index in [9.17, 15) is 9.59 Å². The van der Waals surface area contributed by atoms with Crippen LogP contribution in [0.1, 0.15) is 17.3 Å². The topological polar surface area (TPSA) is 97.1 Å². The second-order valence-electron chi connectivity index (χ2n) is 3.55. The number of hydrogen-bond acceptors (Lipinski definition) is 4. The van der Waals surface area contributed by atoms with Crippen molar-refractivity contribution in [1.82, 2.24) is 10.3 Å². The molecule has 0 radical (unpaired) electrons. The van der Waals surface area contributed by atoms with Crippen LogP contribution in [0.4, 0.5) is 9.93 Å². The first-order chi connectivity index (χ1) is 8.60. The zero-order valence-electron chi connectivity index (χ0n) is 9.69. The Kier molecular flexibility index (Phi) is 3.42. The van der Waals surface area contributed by atoms with Gasteiger partial charge in [-0.2, -0.15) is 0 Å². The molecule has 0 fully saturated rings. The molecule has 2 rings (SSSR count). The molecule has 0 bridgehead atoms. The minimum atomic E-state index is -0.483. The zero-order chi connectivity index (χ0) is 13.1. The Hall–Kier alpha value is -2.15. The maximum atomic E-state index is 11.3. The lowest BCUT2D eigenvalue weighted by atomic mass is 10.2. The molecule has 2 aromatic rings. The number of nitrogens with two attached hydrogens (primary N) is 1. The summed E-state index contributed by atoms with van der Waals surface area (Å²) in [6, 6.07) is 4.68. The lowest BCUT2D eigenvalue weighted by Gasteiger charge is -2.00. The number of rotatable bonds is 3. The molecule has 3 amide bonds. The molecular formula is C11H12N4O2S. The molecule has 0 aliphatic rings. The molecule has 0 unspecified atom stereocenters. The molecule has 94 valence electrons. The number of nitrogens with zero attached hydrogens (tertiary/aromatic N) is 1. The normalized spacial score (nSPS) is 10.3. The molecule has 0 atom stereocenters. The molecule has 1 heterocycles. The zero-order valence-corrected chi connectivity index (χ0v) is 10.5. The van der Waals surface area contributed by atoms with E-state index < -0.39 is 5.91 Å². The maximum absolute atomic E-state index is 11.3. The van der Waals surface area contributed by atoms with Crippen LogP contribution in [-0.2, 0) is 0 Å². The van der Waals surface area contributed by atoms with Crippen LogP contribution in [0.25, 0.3) is 10.2 Å². The molecule has 0 saturated heterocycles. The van der Waals surface area contributed by atoms with Gasteiger partial charge in [-0.1, -0.05) is 11.3 Å². The lowest BCUT2D eigenvalue weighted by Crippen LogP contribution is -2.28. The number of thiazole rings is 1. The van der Waals surface area contributed by atoms with Crippen LogP contribution in [0.2, 0.25) is 0 Å². The third-order valence-corrected chi connectivity index (χ3v) is 3.16. The first-order valence-corrected chi connectivity index (χ1v) is 6.17. The van der Waals surface area contributed by atoms with Gasteiger partial charge in [0.25, 0.3) is 0 Å². The van der Waals surface area contributed by atoms with E-state index in [4.69, 9.17) is 5.73 Å². The third kappa shape index (κ3) is 2.57. The molecule has 0 saturated carbocycles. The van der Waals surface area contributed by atoms with Crippen molar-refractivity contribution in [2.75, 3.05) is 11.9 Å². The predicted molar refractivity (Wildman–Crippen MR) is 70.8 cm³/mol. The van der Waals surface area contributed by atoms with E-state index in [1.807, 2.05) is 6.92 Å². The number of amides is 3. The van der Waals surface area contributed by atoms with Gasteiger partial charge < -0.3 is 11.1 Å². The van der Waals surface area contributed by atoms with Gasteiger partial charge in [0.15, 0.2) is 5.13 Å². The van der Waals surface area contributed by atoms with Gasteiger partial charge in [0.05, 0.1) is 10.2 Å². The maximum Gasteiger partial charge on any atom is 0.321 e. The van der Waals surface area contributed by atoms with E-state index in [0.717, 1.165) is 10.2 Å². The SMILES string of the molecule is CCNC(=O)Nc1nc2ccc(C(N)=O)cc2s1. The Morgan fingerprint density at radius 2 is 2.22 bits per heavy atom. The largest absolute Gasteiger partial charge is 0.366 e. The number of anilines is 1. The average molecular weight is 264 g/mol. The van der Waals surface area contributed by atoms with Gasteiger partial charge in [-0.15, -0.1) is 0 Å². The van der Waals surface area contributed by atoms with Crippen LogP contribution in [0.5, 0.6) is 0 Å². The Labute approximate surface area is 107 Å². The van der Waals surface area contributed by atoms with E-state index >= 15 is 0 Å². The van der Waals surface area contributed by atoms with Crippen LogP contribution in [0.15, 0.2) is 18.2 Å². The number of aromatic nitrogens is 1. The van der Waals surface area contributed by atoms with E-state index in [1.54, 1.807) is 18.2 Å². The first-order valence-electron chi connectivity index (χ1n) is 5.35. The minimum Gasteiger partial charge on any atom is -0.366 e. The van der Waals surface area contributed by atoms with E-state index in [2.05, 4.69) is 15.6 Å². The Morgan fingerprint density at radius 1 is 1.44 bits per heavy atom. The van der Waals surface area contributed by atoms with E-state index in [-0.39, 0.29) is 6.03 Å². The summed E-state index contributed by atoms with van der Waals surface area (Å²) < 4.78 is 0.804. The number of fused-ring (bicyclic) bond motifs is 1. The highest BCUT2D eigenvalue weighted by Crippen LogP contribution is 2.26. The predicted octanol–water partition coefficient (Wildman–Crippen LogP) is 1.54. The summed E-state index contributed by atoms with van der Waals surface area (Å²) in [5.41, 5.74) is 6.34. The summed E-state index contributed by atoms with van der Waals surface area (Å²) in [7, 11) is 0. The summed E-state index contributed by atoms with van der Waals surface area (Å²) in [6.45, 7) is 2.37. The summed E-state index contributed by atoms with van der Waals surface area (Å²) >= 11 is 1.29. The monoisotopic (exact) mass is 264 g/mol. The fraction of sp³-hybridized carbons (Fsp3) is 0.182. The average Bonchev–Trinajstić information content (AvgIpc) is 2.69. The number of urea groups is 1. The van der Waals surface area contributed by atoms with E-state index in [1.165, 1.54) is 11.3 Å².